The molecule has 10 heavy (non-hydrogen) atoms. The Morgan fingerprint density at radius 2 is 2.30 bits per heavy atom. The number of carbonyl (C=O) groups excluding carboxylic acids is 1. The van der Waals surface area contributed by atoms with Gasteiger partial charge in [-0.2, -0.15) is 0 Å². The molecule has 2 heteroatoms. The quantitative estimate of drug-likeness (QED) is 0.474. The molecule has 0 spiro atoms. The Labute approximate surface area is 61.6 Å². The lowest BCUT2D eigenvalue weighted by atomic mass is 10.1. The summed E-state index contributed by atoms with van der Waals surface area (Å²) >= 11 is 0. The Morgan fingerprint density at radius 1 is 1.70 bits per heavy atom. The molecule has 0 saturated heterocycles. The number of carbonyl (C=O) groups is 1. The van der Waals surface area contributed by atoms with Crippen LogP contribution >= 0.6 is 0 Å². The predicted octanol–water partition coefficient (Wildman–Crippen LogP) is 1.29. The van der Waals surface area contributed by atoms with Crippen LogP contribution in [0.3, 0.4) is 0 Å². The first-order valence-electron chi connectivity index (χ1n) is 3.49. The zero-order valence-electron chi connectivity index (χ0n) is 6.50. The number of rotatable bonds is 4. The van der Waals surface area contributed by atoms with Crippen molar-refractivity contribution in [1.29, 1.82) is 0 Å². The number of hydrogen-bond donors (Lipinski definition) is 1. The van der Waals surface area contributed by atoms with Gasteiger partial charge in [-0.05, 0) is 25.8 Å². The van der Waals surface area contributed by atoms with Gasteiger partial charge in [-0.25, -0.2) is 0 Å². The van der Waals surface area contributed by atoms with E-state index in [2.05, 4.69) is 0 Å². The van der Waals surface area contributed by atoms with Crippen LogP contribution in [0.5, 0.6) is 0 Å². The van der Waals surface area contributed by atoms with Crippen LogP contribution < -0.4 is 0 Å². The Balaban J connectivity index is 3.66. The van der Waals surface area contributed by atoms with Crippen molar-refractivity contribution in [2.24, 2.45) is 0 Å². The fraction of sp³-hybridized carbons (Fsp3) is 0.625. The standard InChI is InChI=1S/C8H14O2/c1-3-8(10)6-7(2)4-5-9/h4-5,8,10H,3,6H2,1-2H3/b7-4+. The summed E-state index contributed by atoms with van der Waals surface area (Å²) in [6.07, 6.45) is 3.28. The maximum Gasteiger partial charge on any atom is 0.142 e. The van der Waals surface area contributed by atoms with Crippen molar-refractivity contribution in [3.8, 4) is 0 Å². The third-order valence-electron chi connectivity index (χ3n) is 1.38. The third kappa shape index (κ3) is 4.27. The van der Waals surface area contributed by atoms with Gasteiger partial charge >= 0.3 is 0 Å². The molecule has 0 aromatic carbocycles. The summed E-state index contributed by atoms with van der Waals surface area (Å²) < 4.78 is 0. The maximum atomic E-state index is 9.93. The van der Waals surface area contributed by atoms with Gasteiger partial charge in [0.15, 0.2) is 0 Å². The van der Waals surface area contributed by atoms with E-state index in [1.807, 2.05) is 13.8 Å². The molecular weight excluding hydrogens is 128 g/mol. The lowest BCUT2D eigenvalue weighted by Gasteiger charge is -2.05. The van der Waals surface area contributed by atoms with Crippen LogP contribution in [0.15, 0.2) is 11.6 Å². The van der Waals surface area contributed by atoms with E-state index in [0.29, 0.717) is 6.42 Å². The van der Waals surface area contributed by atoms with Gasteiger partial charge in [0.2, 0.25) is 0 Å². The monoisotopic (exact) mass is 142 g/mol. The van der Waals surface area contributed by atoms with Crippen LogP contribution in [-0.2, 0) is 4.79 Å². The van der Waals surface area contributed by atoms with Crippen molar-refractivity contribution in [3.63, 3.8) is 0 Å². The van der Waals surface area contributed by atoms with Gasteiger partial charge in [0, 0.05) is 0 Å². The molecule has 0 rings (SSSR count). The average Bonchev–Trinajstić information content (AvgIpc) is 1.88. The Morgan fingerprint density at radius 3 is 2.70 bits per heavy atom. The van der Waals surface area contributed by atoms with Gasteiger partial charge in [0.05, 0.1) is 6.10 Å². The minimum absolute atomic E-state index is 0.295. The zero-order chi connectivity index (χ0) is 7.98. The molecule has 2 nitrogen and oxygen atoms in total. The van der Waals surface area contributed by atoms with Crippen LogP contribution in [0.25, 0.3) is 0 Å². The highest BCUT2D eigenvalue weighted by Gasteiger charge is 1.99. The summed E-state index contributed by atoms with van der Waals surface area (Å²) in [5.41, 5.74) is 0.935. The lowest BCUT2D eigenvalue weighted by molar-refractivity contribution is -0.104. The molecule has 0 fully saturated rings. The van der Waals surface area contributed by atoms with Gasteiger partial charge in [-0.1, -0.05) is 12.5 Å². The molecule has 0 aromatic heterocycles. The summed E-state index contributed by atoms with van der Waals surface area (Å²) in [4.78, 5) is 9.93. The van der Waals surface area contributed by atoms with E-state index in [4.69, 9.17) is 5.11 Å². The predicted molar refractivity (Wildman–Crippen MR) is 40.7 cm³/mol. The first-order valence-corrected chi connectivity index (χ1v) is 3.49. The topological polar surface area (TPSA) is 37.3 Å². The molecule has 0 radical (unpaired) electrons. The van der Waals surface area contributed by atoms with Gasteiger partial charge in [0.25, 0.3) is 0 Å². The molecule has 0 aliphatic rings. The van der Waals surface area contributed by atoms with Crippen LogP contribution in [0.1, 0.15) is 26.7 Å². The Bertz CT molecular complexity index is 127. The van der Waals surface area contributed by atoms with Crippen molar-refractivity contribution in [2.45, 2.75) is 32.8 Å². The van der Waals surface area contributed by atoms with Gasteiger partial charge in [0.1, 0.15) is 6.29 Å². The molecule has 0 aliphatic heterocycles. The molecule has 0 aliphatic carbocycles. The number of aldehydes is 1. The zero-order valence-corrected chi connectivity index (χ0v) is 6.50. The summed E-state index contributed by atoms with van der Waals surface area (Å²) in [6.45, 7) is 3.76. The smallest absolute Gasteiger partial charge is 0.142 e. The number of allylic oxidation sites excluding steroid dienone is 1. The first kappa shape index (κ1) is 9.37. The molecular formula is C8H14O2. The van der Waals surface area contributed by atoms with Crippen LogP contribution in [0.2, 0.25) is 0 Å². The molecule has 1 unspecified atom stereocenters. The van der Waals surface area contributed by atoms with Crippen molar-refractivity contribution >= 4 is 6.29 Å². The molecule has 1 N–H and O–H groups in total. The molecule has 0 heterocycles. The lowest BCUT2D eigenvalue weighted by Crippen LogP contribution is -2.04. The summed E-state index contributed by atoms with van der Waals surface area (Å²) in [6, 6.07) is 0. The van der Waals surface area contributed by atoms with E-state index < -0.39 is 0 Å². The van der Waals surface area contributed by atoms with Crippen molar-refractivity contribution in [2.75, 3.05) is 0 Å². The van der Waals surface area contributed by atoms with E-state index in [-0.39, 0.29) is 6.10 Å². The molecule has 0 amide bonds. The second-order valence-electron chi connectivity index (χ2n) is 2.42. The minimum atomic E-state index is -0.295. The van der Waals surface area contributed by atoms with Crippen LogP contribution in [0, 0.1) is 0 Å². The number of hydrogen-bond acceptors (Lipinski definition) is 2. The summed E-state index contributed by atoms with van der Waals surface area (Å²) in [5, 5.41) is 9.10. The van der Waals surface area contributed by atoms with Gasteiger partial charge < -0.3 is 5.11 Å². The molecule has 1 atom stereocenters. The second kappa shape index (κ2) is 5.18. The molecule has 0 saturated carbocycles. The van der Waals surface area contributed by atoms with Crippen LogP contribution in [0.4, 0.5) is 0 Å². The van der Waals surface area contributed by atoms with E-state index in [1.165, 1.54) is 6.08 Å². The van der Waals surface area contributed by atoms with Crippen LogP contribution in [-0.4, -0.2) is 17.5 Å². The highest BCUT2D eigenvalue weighted by atomic mass is 16.3. The molecule has 0 aromatic rings. The van der Waals surface area contributed by atoms with E-state index in [9.17, 15) is 4.79 Å². The molecule has 58 valence electrons. The largest absolute Gasteiger partial charge is 0.393 e. The van der Waals surface area contributed by atoms with Gasteiger partial charge in [-0.3, -0.25) is 4.79 Å². The summed E-state index contributed by atoms with van der Waals surface area (Å²) in [7, 11) is 0. The van der Waals surface area contributed by atoms with E-state index >= 15 is 0 Å². The van der Waals surface area contributed by atoms with Crippen molar-refractivity contribution in [3.05, 3.63) is 11.6 Å². The third-order valence-corrected chi connectivity index (χ3v) is 1.38. The second-order valence-corrected chi connectivity index (χ2v) is 2.42. The van der Waals surface area contributed by atoms with E-state index in [0.717, 1.165) is 18.3 Å². The normalized spacial score (nSPS) is 14.9. The minimum Gasteiger partial charge on any atom is -0.393 e. The van der Waals surface area contributed by atoms with Crippen molar-refractivity contribution < 1.29 is 9.90 Å². The maximum absolute atomic E-state index is 9.93. The van der Waals surface area contributed by atoms with Crippen molar-refractivity contribution in [1.82, 2.24) is 0 Å². The highest BCUT2D eigenvalue weighted by Crippen LogP contribution is 2.05. The van der Waals surface area contributed by atoms with E-state index in [1.54, 1.807) is 0 Å². The average molecular weight is 142 g/mol. The number of aliphatic hydroxyl groups is 1. The number of aliphatic hydroxyl groups excluding tert-OH is 1. The first-order chi connectivity index (χ1) is 4.70. The Kier molecular flexibility index (Phi) is 4.85. The van der Waals surface area contributed by atoms with Gasteiger partial charge in [-0.15, -0.1) is 0 Å². The fourth-order valence-electron chi connectivity index (χ4n) is 0.700. The molecule has 0 bridgehead atoms. The Hall–Kier alpha value is -0.630. The SMILES string of the molecule is CCC(O)C/C(C)=C/C=O. The highest BCUT2D eigenvalue weighted by molar-refractivity contribution is 5.65. The fourth-order valence-corrected chi connectivity index (χ4v) is 0.700. The summed E-state index contributed by atoms with van der Waals surface area (Å²) in [5.74, 6) is 0.